The average molecular weight is 192 g/mol. The molecule has 68 valence electrons. The molecule has 0 bridgehead atoms. The number of alkyl halides is 1. The third kappa shape index (κ3) is 2.37. The summed E-state index contributed by atoms with van der Waals surface area (Å²) in [4.78, 5) is 22.6. The van der Waals surface area contributed by atoms with Crippen LogP contribution in [0.25, 0.3) is 0 Å². The molecular formula is C7H10ClNO3. The second-order valence-corrected chi connectivity index (χ2v) is 3.00. The number of carbonyl (C=O) groups excluding carboxylic acids is 2. The summed E-state index contributed by atoms with van der Waals surface area (Å²) in [7, 11) is 0. The van der Waals surface area contributed by atoms with Crippen LogP contribution in [0, 0.1) is 0 Å². The van der Waals surface area contributed by atoms with E-state index in [1.54, 1.807) is 4.90 Å². The molecule has 1 rings (SSSR count). The fourth-order valence-electron chi connectivity index (χ4n) is 1.10. The van der Waals surface area contributed by atoms with Gasteiger partial charge in [-0.1, -0.05) is 11.6 Å². The summed E-state index contributed by atoms with van der Waals surface area (Å²) in [6.45, 7) is 1.39. The minimum atomic E-state index is -1.15. The smallest absolute Gasteiger partial charge is 0.411 e. The van der Waals surface area contributed by atoms with Crippen molar-refractivity contribution < 1.29 is 14.3 Å². The summed E-state index contributed by atoms with van der Waals surface area (Å²) in [6.07, 6.45) is 1.86. The standard InChI is InChI=1S/C7H10ClNO3/c8-6(5-10)12-7(11)9-3-1-2-4-9/h5-6H,1-4H2/t6-/m0/s1. The van der Waals surface area contributed by atoms with Gasteiger partial charge in [0, 0.05) is 13.1 Å². The first-order valence-corrected chi connectivity index (χ1v) is 4.22. The molecule has 1 atom stereocenters. The van der Waals surface area contributed by atoms with Gasteiger partial charge in [0.2, 0.25) is 5.56 Å². The summed E-state index contributed by atoms with van der Waals surface area (Å²) in [5.41, 5.74) is -1.15. The Hall–Kier alpha value is -0.770. The van der Waals surface area contributed by atoms with E-state index in [1.807, 2.05) is 0 Å². The van der Waals surface area contributed by atoms with Crippen LogP contribution in [0.2, 0.25) is 0 Å². The van der Waals surface area contributed by atoms with E-state index in [9.17, 15) is 9.59 Å². The largest absolute Gasteiger partial charge is 0.422 e. The van der Waals surface area contributed by atoms with Crippen LogP contribution < -0.4 is 0 Å². The maximum Gasteiger partial charge on any atom is 0.411 e. The zero-order valence-electron chi connectivity index (χ0n) is 6.53. The molecule has 5 heteroatoms. The van der Waals surface area contributed by atoms with Gasteiger partial charge in [0.1, 0.15) is 0 Å². The Morgan fingerprint density at radius 3 is 2.58 bits per heavy atom. The van der Waals surface area contributed by atoms with Gasteiger partial charge < -0.3 is 9.64 Å². The lowest BCUT2D eigenvalue weighted by Crippen LogP contribution is -2.30. The van der Waals surface area contributed by atoms with E-state index in [1.165, 1.54) is 0 Å². The summed E-state index contributed by atoms with van der Waals surface area (Å²) in [5.74, 6) is 0. The third-order valence-electron chi connectivity index (χ3n) is 1.68. The van der Waals surface area contributed by atoms with Gasteiger partial charge in [-0.2, -0.15) is 0 Å². The first kappa shape index (κ1) is 9.32. The fourth-order valence-corrected chi connectivity index (χ4v) is 1.17. The van der Waals surface area contributed by atoms with Gasteiger partial charge in [0.15, 0.2) is 6.29 Å². The van der Waals surface area contributed by atoms with Crippen LogP contribution in [-0.2, 0) is 9.53 Å². The molecule has 1 fully saturated rings. The van der Waals surface area contributed by atoms with Crippen molar-refractivity contribution in [1.29, 1.82) is 0 Å². The predicted molar refractivity (Wildman–Crippen MR) is 43.0 cm³/mol. The molecule has 0 unspecified atom stereocenters. The van der Waals surface area contributed by atoms with Gasteiger partial charge in [-0.05, 0) is 12.8 Å². The van der Waals surface area contributed by atoms with Crippen molar-refractivity contribution in [2.24, 2.45) is 0 Å². The average Bonchev–Trinajstić information content (AvgIpc) is 2.56. The molecule has 0 saturated carbocycles. The summed E-state index contributed by atoms with van der Waals surface area (Å²) >= 11 is 5.30. The van der Waals surface area contributed by atoms with Crippen LogP contribution in [-0.4, -0.2) is 35.9 Å². The normalized spacial score (nSPS) is 18.9. The molecule has 0 spiro atoms. The van der Waals surface area contributed by atoms with Gasteiger partial charge in [-0.15, -0.1) is 0 Å². The Labute approximate surface area is 75.4 Å². The number of hydrogen-bond donors (Lipinski definition) is 0. The molecule has 1 heterocycles. The molecule has 1 aliphatic heterocycles. The second-order valence-electron chi connectivity index (χ2n) is 2.57. The monoisotopic (exact) mass is 191 g/mol. The minimum Gasteiger partial charge on any atom is -0.422 e. The highest BCUT2D eigenvalue weighted by atomic mass is 35.5. The highest BCUT2D eigenvalue weighted by Crippen LogP contribution is 2.10. The number of hydrogen-bond acceptors (Lipinski definition) is 3. The van der Waals surface area contributed by atoms with E-state index in [2.05, 4.69) is 4.74 Å². The van der Waals surface area contributed by atoms with Gasteiger partial charge in [-0.25, -0.2) is 4.79 Å². The number of ether oxygens (including phenoxy) is 1. The van der Waals surface area contributed by atoms with Crippen LogP contribution >= 0.6 is 11.6 Å². The minimum absolute atomic E-state index is 0.384. The molecule has 0 N–H and O–H groups in total. The Bertz CT molecular complexity index is 179. The highest BCUT2D eigenvalue weighted by Gasteiger charge is 2.21. The van der Waals surface area contributed by atoms with E-state index < -0.39 is 11.7 Å². The van der Waals surface area contributed by atoms with Crippen LogP contribution in [0.5, 0.6) is 0 Å². The number of nitrogens with zero attached hydrogens (tertiary/aromatic N) is 1. The zero-order valence-corrected chi connectivity index (χ0v) is 7.29. The van der Waals surface area contributed by atoms with Crippen molar-refractivity contribution in [2.45, 2.75) is 18.4 Å². The van der Waals surface area contributed by atoms with Crippen LogP contribution in [0.4, 0.5) is 4.79 Å². The molecule has 1 amide bonds. The summed E-state index contributed by atoms with van der Waals surface area (Å²) < 4.78 is 4.57. The fraction of sp³-hybridized carbons (Fsp3) is 0.714. The van der Waals surface area contributed by atoms with E-state index >= 15 is 0 Å². The molecule has 0 aromatic heterocycles. The SMILES string of the molecule is O=C[C@@H](Cl)OC(=O)N1CCCC1. The van der Waals surface area contributed by atoms with Crippen molar-refractivity contribution in [2.75, 3.05) is 13.1 Å². The van der Waals surface area contributed by atoms with Crippen LogP contribution in [0.1, 0.15) is 12.8 Å². The molecule has 0 aliphatic carbocycles. The van der Waals surface area contributed by atoms with E-state index in [0.717, 1.165) is 12.8 Å². The number of likely N-dealkylation sites (tertiary alicyclic amines) is 1. The lowest BCUT2D eigenvalue weighted by molar-refractivity contribution is -0.112. The molecule has 0 aromatic rings. The number of aldehydes is 1. The van der Waals surface area contributed by atoms with E-state index in [4.69, 9.17) is 11.6 Å². The Morgan fingerprint density at radius 1 is 1.50 bits per heavy atom. The molecule has 1 saturated heterocycles. The number of carbonyl (C=O) groups is 2. The topological polar surface area (TPSA) is 46.6 Å². The zero-order chi connectivity index (χ0) is 8.97. The van der Waals surface area contributed by atoms with Crippen molar-refractivity contribution in [3.8, 4) is 0 Å². The molecule has 0 radical (unpaired) electrons. The quantitative estimate of drug-likeness (QED) is 0.483. The van der Waals surface area contributed by atoms with Gasteiger partial charge >= 0.3 is 6.09 Å². The molecule has 0 aromatic carbocycles. The lowest BCUT2D eigenvalue weighted by Gasteiger charge is -2.15. The van der Waals surface area contributed by atoms with Gasteiger partial charge in [-0.3, -0.25) is 4.79 Å². The van der Waals surface area contributed by atoms with Crippen molar-refractivity contribution in [3.63, 3.8) is 0 Å². The molecule has 1 aliphatic rings. The van der Waals surface area contributed by atoms with Crippen molar-refractivity contribution >= 4 is 24.0 Å². The first-order chi connectivity index (χ1) is 5.74. The van der Waals surface area contributed by atoms with Crippen molar-refractivity contribution in [1.82, 2.24) is 4.90 Å². The first-order valence-electron chi connectivity index (χ1n) is 3.79. The third-order valence-corrected chi connectivity index (χ3v) is 1.88. The van der Waals surface area contributed by atoms with Gasteiger partial charge in [0.05, 0.1) is 0 Å². The number of halogens is 1. The maximum absolute atomic E-state index is 11.1. The lowest BCUT2D eigenvalue weighted by atomic mass is 10.4. The second kappa shape index (κ2) is 4.30. The Balaban J connectivity index is 2.31. The Morgan fingerprint density at radius 2 is 2.08 bits per heavy atom. The van der Waals surface area contributed by atoms with E-state index in [0.29, 0.717) is 19.4 Å². The summed E-state index contributed by atoms with van der Waals surface area (Å²) in [5, 5.41) is 0. The van der Waals surface area contributed by atoms with Crippen molar-refractivity contribution in [3.05, 3.63) is 0 Å². The Kier molecular flexibility index (Phi) is 3.34. The maximum atomic E-state index is 11.1. The molecular weight excluding hydrogens is 182 g/mol. The predicted octanol–water partition coefficient (Wildman–Crippen LogP) is 0.983. The molecule has 12 heavy (non-hydrogen) atoms. The van der Waals surface area contributed by atoms with E-state index in [-0.39, 0.29) is 0 Å². The summed E-state index contributed by atoms with van der Waals surface area (Å²) in [6, 6.07) is 0. The number of rotatable bonds is 2. The van der Waals surface area contributed by atoms with Crippen LogP contribution in [0.3, 0.4) is 0 Å². The highest BCUT2D eigenvalue weighted by molar-refractivity contribution is 6.26. The number of amides is 1. The van der Waals surface area contributed by atoms with Crippen LogP contribution in [0.15, 0.2) is 0 Å². The van der Waals surface area contributed by atoms with Gasteiger partial charge in [0.25, 0.3) is 0 Å². The molecule has 4 nitrogen and oxygen atoms in total.